The molecule has 1 saturated heterocycles. The highest BCUT2D eigenvalue weighted by Gasteiger charge is 2.66. The number of hydrogen-bond donors (Lipinski definition) is 3. The first-order chi connectivity index (χ1) is 15.2. The number of Topliss-reactive ketones (excluding diaryl/α,β-unsaturated/α-hetero) is 1. The summed E-state index contributed by atoms with van der Waals surface area (Å²) < 4.78 is 47.6. The van der Waals surface area contributed by atoms with Gasteiger partial charge in [0.25, 0.3) is 0 Å². The molecule has 2 amide bonds. The molecule has 4 rings (SSSR count). The van der Waals surface area contributed by atoms with Crippen molar-refractivity contribution >= 4 is 23.2 Å². The van der Waals surface area contributed by atoms with Crippen molar-refractivity contribution in [3.8, 4) is 11.5 Å². The third-order valence-electron chi connectivity index (χ3n) is 5.05. The zero-order valence-corrected chi connectivity index (χ0v) is 17.1. The average Bonchev–Trinajstić information content (AvgIpc) is 3.28. The molecule has 0 unspecified atom stereocenters. The Morgan fingerprint density at radius 1 is 1.03 bits per heavy atom. The van der Waals surface area contributed by atoms with Gasteiger partial charge in [0.2, 0.25) is 5.72 Å². The minimum atomic E-state index is -5.31. The average molecular weight is 462 g/mol. The van der Waals surface area contributed by atoms with Crippen LogP contribution in [-0.4, -0.2) is 28.8 Å². The van der Waals surface area contributed by atoms with E-state index < -0.39 is 35.7 Å². The van der Waals surface area contributed by atoms with Crippen molar-refractivity contribution in [3.63, 3.8) is 0 Å². The van der Waals surface area contributed by atoms with Gasteiger partial charge in [0.15, 0.2) is 5.78 Å². The molecule has 1 aliphatic rings. The topological polar surface area (TPSA) is 87.7 Å². The zero-order chi connectivity index (χ0) is 22.9. The Morgan fingerprint density at radius 3 is 2.41 bits per heavy atom. The normalized spacial score (nSPS) is 23.2. The van der Waals surface area contributed by atoms with E-state index in [0.717, 1.165) is 11.3 Å². The van der Waals surface area contributed by atoms with Crippen LogP contribution in [0.25, 0.3) is 0 Å². The number of aliphatic hydroxyl groups is 1. The second-order valence-corrected chi connectivity index (χ2v) is 8.09. The number of rotatable bonds is 5. The van der Waals surface area contributed by atoms with Gasteiger partial charge in [-0.1, -0.05) is 36.4 Å². The van der Waals surface area contributed by atoms with E-state index in [2.05, 4.69) is 5.32 Å². The minimum absolute atomic E-state index is 0.0253. The summed E-state index contributed by atoms with van der Waals surface area (Å²) in [5.74, 6) is -2.24. The standard InChI is InChI=1S/C22H17F3N2O4S/c23-22(24,25)21(30)17(19(28)16-10-5-11-32-16)18(26-20(29)27-21)13-6-4-9-15(12-13)31-14-7-2-1-3-8-14/h1-12,17-18,30H,(H2,26,27,29)/t17-,18-,21-/m1/s1. The molecule has 2 aromatic carbocycles. The van der Waals surface area contributed by atoms with E-state index in [1.165, 1.54) is 41.0 Å². The van der Waals surface area contributed by atoms with E-state index in [9.17, 15) is 27.9 Å². The molecule has 0 spiro atoms. The van der Waals surface area contributed by atoms with Crippen LogP contribution in [0.1, 0.15) is 21.3 Å². The number of para-hydroxylation sites is 1. The Hall–Kier alpha value is -3.37. The maximum Gasteiger partial charge on any atom is 0.437 e. The third-order valence-corrected chi connectivity index (χ3v) is 5.93. The largest absolute Gasteiger partial charge is 0.457 e. The predicted molar refractivity (Wildman–Crippen MR) is 111 cm³/mol. The molecule has 1 aromatic heterocycles. The predicted octanol–water partition coefficient (Wildman–Crippen LogP) is 4.64. The summed E-state index contributed by atoms with van der Waals surface area (Å²) in [6.45, 7) is 0. The molecule has 3 N–H and O–H groups in total. The smallest absolute Gasteiger partial charge is 0.437 e. The Balaban J connectivity index is 1.77. The number of ether oxygens (including phenoxy) is 1. The van der Waals surface area contributed by atoms with E-state index in [1.807, 2.05) is 0 Å². The van der Waals surface area contributed by atoms with Gasteiger partial charge in [0.1, 0.15) is 17.4 Å². The van der Waals surface area contributed by atoms with Gasteiger partial charge in [-0.25, -0.2) is 4.79 Å². The van der Waals surface area contributed by atoms with Crippen LogP contribution >= 0.6 is 11.3 Å². The summed E-state index contributed by atoms with van der Waals surface area (Å²) in [4.78, 5) is 25.3. The molecule has 2 heterocycles. The lowest BCUT2D eigenvalue weighted by Gasteiger charge is -2.44. The summed E-state index contributed by atoms with van der Waals surface area (Å²) in [6.07, 6.45) is -5.31. The summed E-state index contributed by atoms with van der Waals surface area (Å²) in [5, 5.41) is 16.0. The van der Waals surface area contributed by atoms with Crippen LogP contribution in [0.2, 0.25) is 0 Å². The number of benzene rings is 2. The van der Waals surface area contributed by atoms with Crippen LogP contribution in [0, 0.1) is 5.92 Å². The number of carbonyl (C=O) groups is 2. The van der Waals surface area contributed by atoms with Gasteiger partial charge >= 0.3 is 12.2 Å². The number of urea groups is 1. The number of ketones is 1. The quantitative estimate of drug-likeness (QED) is 0.482. The minimum Gasteiger partial charge on any atom is -0.457 e. The summed E-state index contributed by atoms with van der Waals surface area (Å²) in [5.41, 5.74) is -3.59. The fourth-order valence-corrected chi connectivity index (χ4v) is 4.29. The molecule has 3 atom stereocenters. The fourth-order valence-electron chi connectivity index (χ4n) is 3.58. The van der Waals surface area contributed by atoms with Crippen LogP contribution in [-0.2, 0) is 0 Å². The highest BCUT2D eigenvalue weighted by molar-refractivity contribution is 7.12. The first-order valence-corrected chi connectivity index (χ1v) is 10.4. The van der Waals surface area contributed by atoms with Crippen molar-refractivity contribution in [1.29, 1.82) is 0 Å². The summed E-state index contributed by atoms with van der Waals surface area (Å²) in [6, 6.07) is 14.9. The fraction of sp³-hybridized carbons (Fsp3) is 0.182. The summed E-state index contributed by atoms with van der Waals surface area (Å²) >= 11 is 0.946. The van der Waals surface area contributed by atoms with Gasteiger partial charge in [-0.3, -0.25) is 4.79 Å². The van der Waals surface area contributed by atoms with Gasteiger partial charge in [-0.15, -0.1) is 11.3 Å². The maximum absolute atomic E-state index is 13.9. The molecule has 1 fully saturated rings. The second kappa shape index (κ2) is 8.29. The van der Waals surface area contributed by atoms with E-state index in [1.54, 1.807) is 36.4 Å². The van der Waals surface area contributed by atoms with Gasteiger partial charge < -0.3 is 20.5 Å². The second-order valence-electron chi connectivity index (χ2n) is 7.15. The molecule has 6 nitrogen and oxygen atoms in total. The Bertz CT molecular complexity index is 1120. The SMILES string of the molecule is O=C1N[C@H](c2cccc(Oc3ccccc3)c2)[C@H](C(=O)c2cccs2)[C@@](O)(C(F)(F)F)N1. The van der Waals surface area contributed by atoms with Crippen molar-refractivity contribution in [1.82, 2.24) is 10.6 Å². The third kappa shape index (κ3) is 4.06. The van der Waals surface area contributed by atoms with Crippen molar-refractivity contribution < 1.29 is 32.6 Å². The molecular weight excluding hydrogens is 445 g/mol. The molecule has 10 heteroatoms. The monoisotopic (exact) mass is 462 g/mol. The Labute approximate surface area is 184 Å². The number of thiophene rings is 1. The van der Waals surface area contributed by atoms with Crippen LogP contribution in [0.4, 0.5) is 18.0 Å². The van der Waals surface area contributed by atoms with Gasteiger partial charge in [-0.05, 0) is 41.3 Å². The lowest BCUT2D eigenvalue weighted by molar-refractivity contribution is -0.287. The number of carbonyl (C=O) groups excluding carboxylic acids is 2. The molecule has 0 bridgehead atoms. The number of halogens is 3. The maximum atomic E-state index is 13.9. The van der Waals surface area contributed by atoms with E-state index in [-0.39, 0.29) is 10.4 Å². The molecule has 1 aliphatic heterocycles. The van der Waals surface area contributed by atoms with E-state index >= 15 is 0 Å². The molecule has 0 aliphatic carbocycles. The molecule has 32 heavy (non-hydrogen) atoms. The van der Waals surface area contributed by atoms with E-state index in [0.29, 0.717) is 11.5 Å². The Kier molecular flexibility index (Phi) is 5.66. The number of nitrogens with one attached hydrogen (secondary N) is 2. The van der Waals surface area contributed by atoms with Gasteiger partial charge in [0, 0.05) is 0 Å². The summed E-state index contributed by atoms with van der Waals surface area (Å²) in [7, 11) is 0. The number of alkyl halides is 3. The van der Waals surface area contributed by atoms with Crippen LogP contribution in [0.3, 0.4) is 0 Å². The molecule has 3 aromatic rings. The zero-order valence-electron chi connectivity index (χ0n) is 16.3. The van der Waals surface area contributed by atoms with Crippen LogP contribution < -0.4 is 15.4 Å². The molecule has 0 saturated carbocycles. The van der Waals surface area contributed by atoms with Crippen molar-refractivity contribution in [2.24, 2.45) is 5.92 Å². The first kappa shape index (κ1) is 21.8. The van der Waals surface area contributed by atoms with Crippen molar-refractivity contribution in [2.45, 2.75) is 17.9 Å². The highest BCUT2D eigenvalue weighted by atomic mass is 32.1. The van der Waals surface area contributed by atoms with Crippen molar-refractivity contribution in [2.75, 3.05) is 0 Å². The van der Waals surface area contributed by atoms with Gasteiger partial charge in [0.05, 0.1) is 10.9 Å². The van der Waals surface area contributed by atoms with E-state index in [4.69, 9.17) is 4.74 Å². The van der Waals surface area contributed by atoms with Crippen LogP contribution in [0.5, 0.6) is 11.5 Å². The van der Waals surface area contributed by atoms with Gasteiger partial charge in [-0.2, -0.15) is 13.2 Å². The molecular formula is C22H17F3N2O4S. The number of amides is 2. The Morgan fingerprint density at radius 2 is 1.75 bits per heavy atom. The highest BCUT2D eigenvalue weighted by Crippen LogP contribution is 2.44. The van der Waals surface area contributed by atoms with Crippen LogP contribution in [0.15, 0.2) is 72.1 Å². The molecule has 166 valence electrons. The van der Waals surface area contributed by atoms with Crippen molar-refractivity contribution in [3.05, 3.63) is 82.6 Å². The lowest BCUT2D eigenvalue weighted by Crippen LogP contribution is -2.72. The number of hydrogen-bond acceptors (Lipinski definition) is 5. The first-order valence-electron chi connectivity index (χ1n) is 9.47. The lowest BCUT2D eigenvalue weighted by atomic mass is 9.78. The molecule has 0 radical (unpaired) electrons.